The molecule has 3 nitrogen and oxygen atoms in total. The zero-order valence-electron chi connectivity index (χ0n) is 10.1. The van der Waals surface area contributed by atoms with Crippen molar-refractivity contribution in [1.82, 2.24) is 9.78 Å². The summed E-state index contributed by atoms with van der Waals surface area (Å²) in [4.78, 5) is 0. The number of thioether (sulfide) groups is 1. The molecule has 0 bridgehead atoms. The molecule has 0 radical (unpaired) electrons. The molecule has 1 saturated heterocycles. The van der Waals surface area contributed by atoms with Gasteiger partial charge >= 0.3 is 0 Å². The smallest absolute Gasteiger partial charge is 0.124 e. The highest BCUT2D eigenvalue weighted by Crippen LogP contribution is 2.22. The Kier molecular flexibility index (Phi) is 4.16. The van der Waals surface area contributed by atoms with Crippen LogP contribution < -0.4 is 5.32 Å². The number of nitrogens with one attached hydrogen (secondary N) is 1. The van der Waals surface area contributed by atoms with Gasteiger partial charge in [-0.05, 0) is 31.9 Å². The van der Waals surface area contributed by atoms with Crippen molar-refractivity contribution in [1.29, 1.82) is 0 Å². The second kappa shape index (κ2) is 5.62. The van der Waals surface area contributed by atoms with E-state index in [4.69, 9.17) is 0 Å². The van der Waals surface area contributed by atoms with Crippen LogP contribution in [-0.2, 0) is 0 Å². The molecule has 2 rings (SSSR count). The largest absolute Gasteiger partial charge is 0.367 e. The molecule has 0 amide bonds. The second-order valence-corrected chi connectivity index (χ2v) is 5.63. The van der Waals surface area contributed by atoms with Crippen molar-refractivity contribution in [2.45, 2.75) is 45.2 Å². The van der Waals surface area contributed by atoms with Crippen LogP contribution in [0.15, 0.2) is 12.3 Å². The average Bonchev–Trinajstić information content (AvgIpc) is 2.77. The molecule has 4 heteroatoms. The van der Waals surface area contributed by atoms with E-state index in [2.05, 4.69) is 46.8 Å². The topological polar surface area (TPSA) is 29.9 Å². The number of hydrogen-bond donors (Lipinski definition) is 1. The molecule has 1 aromatic heterocycles. The summed E-state index contributed by atoms with van der Waals surface area (Å²) in [5.41, 5.74) is 0. The van der Waals surface area contributed by atoms with Crippen molar-refractivity contribution in [2.24, 2.45) is 0 Å². The van der Waals surface area contributed by atoms with Gasteiger partial charge < -0.3 is 5.32 Å². The van der Waals surface area contributed by atoms with E-state index in [9.17, 15) is 0 Å². The summed E-state index contributed by atoms with van der Waals surface area (Å²) in [6, 6.07) is 3.19. The molecule has 1 aromatic rings. The maximum Gasteiger partial charge on any atom is 0.124 e. The molecule has 16 heavy (non-hydrogen) atoms. The third-order valence-corrected chi connectivity index (χ3v) is 4.41. The van der Waals surface area contributed by atoms with Crippen LogP contribution in [0.25, 0.3) is 0 Å². The Morgan fingerprint density at radius 2 is 2.56 bits per heavy atom. The number of hydrogen-bond acceptors (Lipinski definition) is 3. The predicted octanol–water partition coefficient (Wildman–Crippen LogP) is 3.16. The van der Waals surface area contributed by atoms with E-state index >= 15 is 0 Å². The van der Waals surface area contributed by atoms with Gasteiger partial charge in [-0.1, -0.05) is 6.92 Å². The lowest BCUT2D eigenvalue weighted by Crippen LogP contribution is -2.27. The molecule has 0 saturated carbocycles. The average molecular weight is 239 g/mol. The van der Waals surface area contributed by atoms with E-state index in [0.29, 0.717) is 12.1 Å². The summed E-state index contributed by atoms with van der Waals surface area (Å²) in [6.45, 7) is 4.42. The van der Waals surface area contributed by atoms with Gasteiger partial charge in [-0.2, -0.15) is 16.9 Å². The van der Waals surface area contributed by atoms with Gasteiger partial charge in [0.2, 0.25) is 0 Å². The van der Waals surface area contributed by atoms with E-state index in [1.54, 1.807) is 0 Å². The highest BCUT2D eigenvalue weighted by atomic mass is 32.2. The second-order valence-electron chi connectivity index (χ2n) is 4.48. The van der Waals surface area contributed by atoms with E-state index in [1.165, 1.54) is 30.2 Å². The quantitative estimate of drug-likeness (QED) is 0.875. The number of anilines is 1. The summed E-state index contributed by atoms with van der Waals surface area (Å²) < 4.78 is 2.11. The molecule has 0 spiro atoms. The maximum atomic E-state index is 4.40. The van der Waals surface area contributed by atoms with Crippen LogP contribution in [0.5, 0.6) is 0 Å². The molecule has 2 atom stereocenters. The van der Waals surface area contributed by atoms with Gasteiger partial charge in [0, 0.05) is 17.9 Å². The minimum atomic E-state index is 0.480. The molecule has 1 fully saturated rings. The third-order valence-electron chi connectivity index (χ3n) is 3.19. The maximum absolute atomic E-state index is 4.40. The van der Waals surface area contributed by atoms with E-state index in [1.807, 2.05) is 6.20 Å². The Hall–Kier alpha value is -0.640. The van der Waals surface area contributed by atoms with Crippen LogP contribution in [0.4, 0.5) is 5.82 Å². The molecular weight excluding hydrogens is 218 g/mol. The first-order valence-electron chi connectivity index (χ1n) is 6.19. The Bertz CT molecular complexity index is 318. The molecule has 2 unspecified atom stereocenters. The van der Waals surface area contributed by atoms with Crippen molar-refractivity contribution in [2.75, 3.05) is 16.8 Å². The minimum absolute atomic E-state index is 0.480. The van der Waals surface area contributed by atoms with Gasteiger partial charge in [-0.3, -0.25) is 0 Å². The lowest BCUT2D eigenvalue weighted by Gasteiger charge is -2.24. The van der Waals surface area contributed by atoms with E-state index in [-0.39, 0.29) is 0 Å². The molecular formula is C12H21N3S. The Balaban J connectivity index is 2.00. The van der Waals surface area contributed by atoms with Gasteiger partial charge in [0.05, 0.1) is 12.2 Å². The fourth-order valence-electron chi connectivity index (χ4n) is 2.02. The van der Waals surface area contributed by atoms with Crippen molar-refractivity contribution in [3.8, 4) is 0 Å². The van der Waals surface area contributed by atoms with E-state index in [0.717, 1.165) is 6.42 Å². The number of nitrogens with zero attached hydrogens (tertiary/aromatic N) is 2. The van der Waals surface area contributed by atoms with Gasteiger partial charge in [0.25, 0.3) is 0 Å². The fraction of sp³-hybridized carbons (Fsp3) is 0.750. The van der Waals surface area contributed by atoms with Crippen LogP contribution in [-0.4, -0.2) is 27.3 Å². The predicted molar refractivity (Wildman–Crippen MR) is 71.2 cm³/mol. The first-order chi connectivity index (χ1) is 7.81. The standard InChI is InChI=1S/C12H21N3S/c1-3-10(2)15-12(6-7-13-15)14-11-5-4-8-16-9-11/h6-7,10-11,14H,3-5,8-9H2,1-2H3. The zero-order chi connectivity index (χ0) is 11.4. The first-order valence-corrected chi connectivity index (χ1v) is 7.34. The number of rotatable bonds is 4. The van der Waals surface area contributed by atoms with Crippen LogP contribution in [0, 0.1) is 0 Å². The summed E-state index contributed by atoms with van der Waals surface area (Å²) in [7, 11) is 0. The minimum Gasteiger partial charge on any atom is -0.367 e. The normalized spacial score (nSPS) is 23.0. The summed E-state index contributed by atoms with van der Waals surface area (Å²) in [6.07, 6.45) is 5.64. The molecule has 1 aliphatic heterocycles. The lowest BCUT2D eigenvalue weighted by molar-refractivity contribution is 0.480. The molecule has 1 aliphatic rings. The molecule has 90 valence electrons. The lowest BCUT2D eigenvalue weighted by atomic mass is 10.2. The van der Waals surface area contributed by atoms with Crippen molar-refractivity contribution in [3.05, 3.63) is 12.3 Å². The van der Waals surface area contributed by atoms with Crippen molar-refractivity contribution >= 4 is 17.6 Å². The molecule has 0 aliphatic carbocycles. The Morgan fingerprint density at radius 3 is 3.25 bits per heavy atom. The highest BCUT2D eigenvalue weighted by molar-refractivity contribution is 7.99. The third kappa shape index (κ3) is 2.73. The molecule has 1 N–H and O–H groups in total. The van der Waals surface area contributed by atoms with Crippen LogP contribution in [0.3, 0.4) is 0 Å². The summed E-state index contributed by atoms with van der Waals surface area (Å²) in [5.74, 6) is 3.73. The fourth-order valence-corrected chi connectivity index (χ4v) is 3.09. The molecule has 0 aromatic carbocycles. The first kappa shape index (κ1) is 11.8. The summed E-state index contributed by atoms with van der Waals surface area (Å²) >= 11 is 2.05. The van der Waals surface area contributed by atoms with E-state index < -0.39 is 0 Å². The van der Waals surface area contributed by atoms with Crippen LogP contribution in [0.1, 0.15) is 39.2 Å². The summed E-state index contributed by atoms with van der Waals surface area (Å²) in [5, 5.41) is 8.02. The Labute approximate surface area is 102 Å². The van der Waals surface area contributed by atoms with Crippen LogP contribution in [0.2, 0.25) is 0 Å². The number of aromatic nitrogens is 2. The van der Waals surface area contributed by atoms with Gasteiger partial charge in [0.1, 0.15) is 5.82 Å². The van der Waals surface area contributed by atoms with Gasteiger partial charge in [0.15, 0.2) is 0 Å². The highest BCUT2D eigenvalue weighted by Gasteiger charge is 2.16. The SMILES string of the molecule is CCC(C)n1nccc1NC1CCCSC1. The molecule has 2 heterocycles. The van der Waals surface area contributed by atoms with Gasteiger partial charge in [-0.15, -0.1) is 0 Å². The van der Waals surface area contributed by atoms with Crippen molar-refractivity contribution in [3.63, 3.8) is 0 Å². The monoisotopic (exact) mass is 239 g/mol. The zero-order valence-corrected chi connectivity index (χ0v) is 11.0. The Morgan fingerprint density at radius 1 is 1.69 bits per heavy atom. The van der Waals surface area contributed by atoms with Crippen LogP contribution >= 0.6 is 11.8 Å². The van der Waals surface area contributed by atoms with Crippen molar-refractivity contribution < 1.29 is 0 Å². The van der Waals surface area contributed by atoms with Gasteiger partial charge in [-0.25, -0.2) is 4.68 Å².